The smallest absolute Gasteiger partial charge is 0.462 e. The van der Waals surface area contributed by atoms with E-state index in [1.165, 1.54) is 109 Å². The molecule has 0 amide bonds. The third kappa shape index (κ3) is 24.3. The highest BCUT2D eigenvalue weighted by Crippen LogP contribution is 2.56. The van der Waals surface area contributed by atoms with Crippen molar-refractivity contribution in [1.29, 1.82) is 0 Å². The summed E-state index contributed by atoms with van der Waals surface area (Å²) in [5.74, 6) is -2.75. The van der Waals surface area contributed by atoms with E-state index < -0.39 is 113 Å². The molecule has 426 valence electrons. The second-order valence-electron chi connectivity index (χ2n) is 20.6. The molecule has 1 heterocycles. The molecule has 2 fully saturated rings. The lowest BCUT2D eigenvalue weighted by Crippen LogP contribution is -2.71. The van der Waals surface area contributed by atoms with E-state index in [0.29, 0.717) is 12.8 Å². The third-order valence-electron chi connectivity index (χ3n) is 14.9. The topological polar surface area (TPSA) is 274 Å². The lowest BCUT2D eigenvalue weighted by atomic mass is 9.72. The number of rotatable bonds is 43. The number of hydrogen-bond donors (Lipinski definition) is 8. The highest BCUT2D eigenvalue weighted by Gasteiger charge is 2.59. The fourth-order valence-electron chi connectivity index (χ4n) is 9.92. The van der Waals surface area contributed by atoms with Gasteiger partial charge in [0.05, 0.1) is 31.5 Å². The van der Waals surface area contributed by atoms with Crippen molar-refractivity contribution in [1.82, 2.24) is 0 Å². The van der Waals surface area contributed by atoms with Gasteiger partial charge in [0.2, 0.25) is 0 Å². The summed E-state index contributed by atoms with van der Waals surface area (Å²) < 4.78 is 50.4. The molecule has 0 radical (unpaired) electrons. The molecule has 1 saturated heterocycles. The molecule has 18 nitrogen and oxygen atoms in total. The predicted molar refractivity (Wildman–Crippen MR) is 276 cm³/mol. The van der Waals surface area contributed by atoms with Crippen molar-refractivity contribution >= 4 is 19.8 Å². The molecule has 19 heteroatoms. The molecule has 72 heavy (non-hydrogen) atoms. The molecule has 2 rings (SSSR count). The van der Waals surface area contributed by atoms with Gasteiger partial charge in [0.15, 0.2) is 6.10 Å². The summed E-state index contributed by atoms with van der Waals surface area (Å²) in [6.45, 7) is 8.60. The molecular formula is C53H104N2O16P+. The molecule has 9 N–H and O–H groups in total. The largest absolute Gasteiger partial charge is 0.521 e. The Balaban J connectivity index is 2.21. The van der Waals surface area contributed by atoms with Crippen molar-refractivity contribution in [3.63, 3.8) is 0 Å². The first-order valence-corrected chi connectivity index (χ1v) is 30.0. The molecule has 2 aliphatic rings. The number of hydrogen-bond acceptors (Lipinski definition) is 17. The Morgan fingerprint density at radius 3 is 1.40 bits per heavy atom. The maximum atomic E-state index is 15.2. The van der Waals surface area contributed by atoms with Gasteiger partial charge in [-0.3, -0.25) is 18.6 Å². The van der Waals surface area contributed by atoms with Crippen LogP contribution in [0.2, 0.25) is 0 Å². The SMILES string of the molecule is CCCCCCCCCCCCCCCC(=O)OC[C@H](COP(=O)(O[C@@H]1[C@H](O)[C@H](O)[C@@H](O)[C@H](O)[C@H]1[C@@H]1O[C@H](CO)[C@@H](O)[C@H](O)[C@H]1N)O[N+](CC)(CC)CC)OC(=O)CCCCCCCCCCCCCCC. The zero-order valence-electron chi connectivity index (χ0n) is 45.2. The molecule has 1 saturated carbocycles. The number of quaternary nitrogens is 1. The summed E-state index contributed by atoms with van der Waals surface area (Å²) in [5.41, 5.74) is 6.29. The van der Waals surface area contributed by atoms with Crippen molar-refractivity contribution < 1.29 is 82.4 Å². The second kappa shape index (κ2) is 38.2. The lowest BCUT2D eigenvalue weighted by molar-refractivity contribution is -1.08. The molecule has 1 unspecified atom stereocenters. The van der Waals surface area contributed by atoms with Gasteiger partial charge >= 0.3 is 19.8 Å². The third-order valence-corrected chi connectivity index (χ3v) is 16.4. The van der Waals surface area contributed by atoms with Crippen LogP contribution in [0, 0.1) is 5.92 Å². The Bertz CT molecular complexity index is 1440. The van der Waals surface area contributed by atoms with Crippen LogP contribution in [0.5, 0.6) is 0 Å². The Labute approximate surface area is 433 Å². The molecule has 0 aromatic carbocycles. The van der Waals surface area contributed by atoms with Crippen molar-refractivity contribution in [2.75, 3.05) is 39.5 Å². The summed E-state index contributed by atoms with van der Waals surface area (Å²) in [5, 5.41) is 76.0. The Kier molecular flexibility index (Phi) is 35.5. The summed E-state index contributed by atoms with van der Waals surface area (Å²) in [7, 11) is -5.05. The molecule has 0 aromatic heterocycles. The van der Waals surface area contributed by atoms with Gasteiger partial charge in [-0.25, -0.2) is 4.57 Å². The summed E-state index contributed by atoms with van der Waals surface area (Å²) in [4.78, 5) is 26.4. The first-order valence-electron chi connectivity index (χ1n) is 28.5. The first-order chi connectivity index (χ1) is 34.6. The predicted octanol–water partition coefficient (Wildman–Crippen LogP) is 7.60. The van der Waals surface area contributed by atoms with Gasteiger partial charge in [0, 0.05) is 18.8 Å². The summed E-state index contributed by atoms with van der Waals surface area (Å²) >= 11 is 0. The van der Waals surface area contributed by atoms with Crippen molar-refractivity contribution in [3.8, 4) is 0 Å². The number of unbranched alkanes of at least 4 members (excludes halogenated alkanes) is 24. The molecule has 0 bridgehead atoms. The molecule has 1 aliphatic heterocycles. The standard InChI is InChI=1S/C53H104N2O16P/c1-6-11-13-15-17-19-21-23-25-27-29-31-33-35-42(57)66-38-40(68-43(58)36-34-32-30-28-26-24-22-20-18-16-14-12-7-2)39-67-72(65,71-55(8-3,9-4)10-5)70-53-44(47(60)49(62)50(63)51(53)64)52-45(54)48(61)46(59)41(37-56)69-52/h40-41,44-53,56,59-64H,6-39,54H2,1-5H3/q+1/t40-,41-,44+,45-,46-,47-,48-,49+,50-,51-,52+,53+,72?/m1/s1. The Hall–Kier alpha value is -1.35. The van der Waals surface area contributed by atoms with Crippen LogP contribution in [0.3, 0.4) is 0 Å². The van der Waals surface area contributed by atoms with Crippen molar-refractivity contribution in [2.45, 2.75) is 281 Å². The van der Waals surface area contributed by atoms with E-state index in [4.69, 9.17) is 33.6 Å². The van der Waals surface area contributed by atoms with Crippen LogP contribution in [0.1, 0.15) is 214 Å². The van der Waals surface area contributed by atoms with Crippen LogP contribution < -0.4 is 5.73 Å². The number of esters is 2. The fraction of sp³-hybridized carbons (Fsp3) is 0.962. The van der Waals surface area contributed by atoms with Crippen LogP contribution in [0.15, 0.2) is 0 Å². The maximum Gasteiger partial charge on any atom is 0.521 e. The molecule has 0 aromatic rings. The number of aliphatic hydroxyl groups excluding tert-OH is 7. The van der Waals surface area contributed by atoms with Gasteiger partial charge in [-0.1, -0.05) is 173 Å². The number of aliphatic hydroxyl groups is 7. The van der Waals surface area contributed by atoms with E-state index in [1.54, 1.807) is 20.8 Å². The molecule has 13 atom stereocenters. The first kappa shape index (κ1) is 66.8. The molecule has 1 aliphatic carbocycles. The second-order valence-corrected chi connectivity index (χ2v) is 22.1. The monoisotopic (exact) mass is 1060 g/mol. The number of phosphoric ester groups is 1. The summed E-state index contributed by atoms with van der Waals surface area (Å²) in [6.07, 6.45) is 12.3. The van der Waals surface area contributed by atoms with Crippen LogP contribution in [-0.4, -0.2) is 159 Å². The number of hydroxylamine groups is 3. The van der Waals surface area contributed by atoms with E-state index >= 15 is 4.57 Å². The Morgan fingerprint density at radius 1 is 0.556 bits per heavy atom. The fourth-order valence-corrected chi connectivity index (χ4v) is 11.8. The van der Waals surface area contributed by atoms with Crippen LogP contribution in [0.4, 0.5) is 0 Å². The minimum Gasteiger partial charge on any atom is -0.462 e. The molecule has 0 spiro atoms. The minimum absolute atomic E-state index is 0.0818. The van der Waals surface area contributed by atoms with E-state index in [9.17, 15) is 45.3 Å². The quantitative estimate of drug-likeness (QED) is 0.00959. The zero-order valence-corrected chi connectivity index (χ0v) is 46.1. The Morgan fingerprint density at radius 2 is 0.972 bits per heavy atom. The van der Waals surface area contributed by atoms with E-state index in [1.807, 2.05) is 0 Å². The average Bonchev–Trinajstić information content (AvgIpc) is 3.37. The van der Waals surface area contributed by atoms with Crippen molar-refractivity contribution in [2.24, 2.45) is 11.7 Å². The van der Waals surface area contributed by atoms with Crippen LogP contribution >= 0.6 is 7.82 Å². The van der Waals surface area contributed by atoms with Crippen LogP contribution in [0.25, 0.3) is 0 Å². The highest BCUT2D eigenvalue weighted by molar-refractivity contribution is 7.48. The maximum absolute atomic E-state index is 15.2. The van der Waals surface area contributed by atoms with Gasteiger partial charge in [0.25, 0.3) is 0 Å². The summed E-state index contributed by atoms with van der Waals surface area (Å²) in [6, 6.07) is -1.51. The minimum atomic E-state index is -5.05. The number of carbonyl (C=O) groups is 2. The highest BCUT2D eigenvalue weighted by atomic mass is 31.2. The van der Waals surface area contributed by atoms with E-state index in [2.05, 4.69) is 13.8 Å². The van der Waals surface area contributed by atoms with Crippen LogP contribution in [-0.2, 0) is 42.0 Å². The number of nitrogens with zero attached hydrogens (tertiary/aromatic N) is 1. The lowest BCUT2D eigenvalue weighted by Gasteiger charge is -2.51. The zero-order chi connectivity index (χ0) is 53.4. The molecular weight excluding hydrogens is 952 g/mol. The van der Waals surface area contributed by atoms with Gasteiger partial charge < -0.3 is 55.7 Å². The number of phosphoric acid groups is 1. The van der Waals surface area contributed by atoms with Gasteiger partial charge in [-0.2, -0.15) is 4.65 Å². The van der Waals surface area contributed by atoms with E-state index in [0.717, 1.165) is 44.9 Å². The van der Waals surface area contributed by atoms with Gasteiger partial charge in [0.1, 0.15) is 69.0 Å². The number of ether oxygens (including phenoxy) is 3. The average molecular weight is 1060 g/mol. The number of nitrogens with two attached hydrogens (primary N) is 1. The normalized spacial score (nSPS) is 27.1. The van der Waals surface area contributed by atoms with Crippen molar-refractivity contribution in [3.05, 3.63) is 0 Å². The van der Waals surface area contributed by atoms with Gasteiger partial charge in [-0.05, 0) is 33.6 Å². The van der Waals surface area contributed by atoms with E-state index in [-0.39, 0.29) is 37.1 Å². The van der Waals surface area contributed by atoms with Gasteiger partial charge in [-0.15, -0.1) is 0 Å². The number of carbonyl (C=O) groups excluding carboxylic acids is 2.